The molecule has 1 atom stereocenters. The van der Waals surface area contributed by atoms with Crippen LogP contribution in [0.3, 0.4) is 0 Å². The summed E-state index contributed by atoms with van der Waals surface area (Å²) in [5.74, 6) is -0.629. The van der Waals surface area contributed by atoms with E-state index in [-0.39, 0.29) is 0 Å². The van der Waals surface area contributed by atoms with E-state index in [9.17, 15) is 9.90 Å². The van der Waals surface area contributed by atoms with E-state index in [0.717, 1.165) is 19.5 Å². The van der Waals surface area contributed by atoms with Crippen molar-refractivity contribution in [1.29, 1.82) is 0 Å². The SMILES string of the molecule is CC1(C)CCC(N2CCC(C)(C(=O)O)C2)CC1. The molecule has 0 amide bonds. The lowest BCUT2D eigenvalue weighted by Gasteiger charge is -2.39. The highest BCUT2D eigenvalue weighted by molar-refractivity contribution is 5.74. The van der Waals surface area contributed by atoms with Gasteiger partial charge in [0.25, 0.3) is 0 Å². The van der Waals surface area contributed by atoms with Gasteiger partial charge in [0.05, 0.1) is 5.41 Å². The fourth-order valence-corrected chi connectivity index (χ4v) is 3.23. The third-order valence-electron chi connectivity index (χ3n) is 4.84. The quantitative estimate of drug-likeness (QED) is 0.805. The molecule has 3 nitrogen and oxygen atoms in total. The summed E-state index contributed by atoms with van der Waals surface area (Å²) in [7, 11) is 0. The molecule has 1 unspecified atom stereocenters. The Morgan fingerprint density at radius 1 is 1.18 bits per heavy atom. The smallest absolute Gasteiger partial charge is 0.310 e. The Kier molecular flexibility index (Phi) is 3.23. The molecule has 0 aromatic rings. The number of hydrogen-bond acceptors (Lipinski definition) is 2. The fraction of sp³-hybridized carbons (Fsp3) is 0.929. The predicted octanol–water partition coefficient (Wildman–Crippen LogP) is 2.75. The van der Waals surface area contributed by atoms with Gasteiger partial charge in [0.1, 0.15) is 0 Å². The van der Waals surface area contributed by atoms with E-state index in [1.807, 2.05) is 6.92 Å². The van der Waals surface area contributed by atoms with Gasteiger partial charge in [0.15, 0.2) is 0 Å². The molecule has 3 heteroatoms. The number of carboxylic acids is 1. The second kappa shape index (κ2) is 4.27. The van der Waals surface area contributed by atoms with Crippen LogP contribution in [0.25, 0.3) is 0 Å². The highest BCUT2D eigenvalue weighted by Crippen LogP contribution is 2.40. The summed E-state index contributed by atoms with van der Waals surface area (Å²) in [5.41, 5.74) is -0.0146. The van der Waals surface area contributed by atoms with Crippen molar-refractivity contribution in [2.24, 2.45) is 10.8 Å². The summed E-state index contributed by atoms with van der Waals surface area (Å²) in [6.07, 6.45) is 5.84. The molecule has 2 aliphatic rings. The van der Waals surface area contributed by atoms with Crippen LogP contribution in [-0.2, 0) is 4.79 Å². The van der Waals surface area contributed by atoms with Crippen LogP contribution in [-0.4, -0.2) is 35.1 Å². The van der Waals surface area contributed by atoms with Crippen LogP contribution in [0.2, 0.25) is 0 Å². The molecule has 17 heavy (non-hydrogen) atoms. The lowest BCUT2D eigenvalue weighted by atomic mass is 9.75. The molecular weight excluding hydrogens is 214 g/mol. The lowest BCUT2D eigenvalue weighted by molar-refractivity contribution is -0.147. The number of rotatable bonds is 2. The Morgan fingerprint density at radius 3 is 2.24 bits per heavy atom. The van der Waals surface area contributed by atoms with Gasteiger partial charge >= 0.3 is 5.97 Å². The molecule has 98 valence electrons. The van der Waals surface area contributed by atoms with E-state index < -0.39 is 11.4 Å². The number of likely N-dealkylation sites (tertiary alicyclic amines) is 1. The first-order valence-electron chi connectivity index (χ1n) is 6.80. The molecule has 1 aliphatic carbocycles. The Balaban J connectivity index is 1.92. The van der Waals surface area contributed by atoms with Crippen LogP contribution in [0.1, 0.15) is 52.9 Å². The standard InChI is InChI=1S/C14H25NO2/c1-13(2)6-4-11(5-7-13)15-9-8-14(3,10-15)12(16)17/h11H,4-10H2,1-3H3,(H,16,17). The molecular formula is C14H25NO2. The Labute approximate surface area is 104 Å². The first kappa shape index (κ1) is 12.9. The van der Waals surface area contributed by atoms with Crippen molar-refractivity contribution in [2.45, 2.75) is 58.9 Å². The average molecular weight is 239 g/mol. The fourth-order valence-electron chi connectivity index (χ4n) is 3.23. The van der Waals surface area contributed by atoms with Gasteiger partial charge in [-0.15, -0.1) is 0 Å². The number of aliphatic carboxylic acids is 1. The maximum absolute atomic E-state index is 11.2. The molecule has 0 aromatic heterocycles. The monoisotopic (exact) mass is 239 g/mol. The van der Waals surface area contributed by atoms with Gasteiger partial charge in [-0.25, -0.2) is 0 Å². The number of carbonyl (C=O) groups is 1. The van der Waals surface area contributed by atoms with Crippen molar-refractivity contribution in [3.8, 4) is 0 Å². The van der Waals surface area contributed by atoms with Crippen LogP contribution >= 0.6 is 0 Å². The molecule has 0 bridgehead atoms. The van der Waals surface area contributed by atoms with Crippen molar-refractivity contribution in [3.05, 3.63) is 0 Å². The van der Waals surface area contributed by atoms with E-state index >= 15 is 0 Å². The van der Waals surface area contributed by atoms with Crippen LogP contribution in [0.15, 0.2) is 0 Å². The zero-order chi connectivity index (χ0) is 12.7. The molecule has 1 saturated heterocycles. The van der Waals surface area contributed by atoms with Crippen LogP contribution in [0.5, 0.6) is 0 Å². The second-order valence-electron chi connectivity index (χ2n) is 6.98. The number of hydrogen-bond donors (Lipinski definition) is 1. The van der Waals surface area contributed by atoms with Crippen molar-refractivity contribution >= 4 is 5.97 Å². The van der Waals surface area contributed by atoms with E-state index in [1.165, 1.54) is 25.7 Å². The Morgan fingerprint density at radius 2 is 1.76 bits per heavy atom. The molecule has 2 fully saturated rings. The lowest BCUT2D eigenvalue weighted by Crippen LogP contribution is -2.40. The highest BCUT2D eigenvalue weighted by Gasteiger charge is 2.43. The minimum absolute atomic E-state index is 0.492. The van der Waals surface area contributed by atoms with Crippen LogP contribution < -0.4 is 0 Å². The maximum atomic E-state index is 11.2. The van der Waals surface area contributed by atoms with Gasteiger partial charge in [-0.3, -0.25) is 9.69 Å². The minimum atomic E-state index is -0.629. The summed E-state index contributed by atoms with van der Waals surface area (Å²) < 4.78 is 0. The van der Waals surface area contributed by atoms with Crippen molar-refractivity contribution < 1.29 is 9.90 Å². The summed E-state index contributed by atoms with van der Waals surface area (Å²) in [6.45, 7) is 8.28. The molecule has 2 rings (SSSR count). The molecule has 0 spiro atoms. The van der Waals surface area contributed by atoms with Crippen LogP contribution in [0.4, 0.5) is 0 Å². The molecule has 0 aromatic carbocycles. The van der Waals surface area contributed by atoms with Crippen molar-refractivity contribution in [3.63, 3.8) is 0 Å². The molecule has 0 radical (unpaired) electrons. The Bertz CT molecular complexity index is 303. The van der Waals surface area contributed by atoms with E-state index in [0.29, 0.717) is 11.5 Å². The third kappa shape index (κ3) is 2.65. The molecule has 1 N–H and O–H groups in total. The van der Waals surface area contributed by atoms with Crippen molar-refractivity contribution in [1.82, 2.24) is 4.90 Å². The minimum Gasteiger partial charge on any atom is -0.481 e. The second-order valence-corrected chi connectivity index (χ2v) is 6.98. The summed E-state index contributed by atoms with van der Waals surface area (Å²) in [5, 5.41) is 9.25. The zero-order valence-corrected chi connectivity index (χ0v) is 11.3. The van der Waals surface area contributed by atoms with Gasteiger partial charge < -0.3 is 5.11 Å². The zero-order valence-electron chi connectivity index (χ0n) is 11.3. The summed E-state index contributed by atoms with van der Waals surface area (Å²) in [4.78, 5) is 13.6. The largest absolute Gasteiger partial charge is 0.481 e. The predicted molar refractivity (Wildman–Crippen MR) is 68.0 cm³/mol. The summed E-state index contributed by atoms with van der Waals surface area (Å²) in [6, 6.07) is 0.629. The Hall–Kier alpha value is -0.570. The van der Waals surface area contributed by atoms with E-state index in [2.05, 4.69) is 18.7 Å². The maximum Gasteiger partial charge on any atom is 0.310 e. The van der Waals surface area contributed by atoms with Gasteiger partial charge in [-0.2, -0.15) is 0 Å². The first-order chi connectivity index (χ1) is 7.82. The number of carboxylic acid groups (broad SMARTS) is 1. The van der Waals surface area contributed by atoms with Gasteiger partial charge in [-0.05, 0) is 51.0 Å². The molecule has 1 aliphatic heterocycles. The van der Waals surface area contributed by atoms with E-state index in [1.54, 1.807) is 0 Å². The normalized spacial score (nSPS) is 35.0. The van der Waals surface area contributed by atoms with Crippen molar-refractivity contribution in [2.75, 3.05) is 13.1 Å². The van der Waals surface area contributed by atoms with E-state index in [4.69, 9.17) is 0 Å². The summed E-state index contributed by atoms with van der Waals surface area (Å²) >= 11 is 0. The third-order valence-corrected chi connectivity index (χ3v) is 4.84. The van der Waals surface area contributed by atoms with Gasteiger partial charge in [0, 0.05) is 12.6 Å². The molecule has 1 heterocycles. The van der Waals surface area contributed by atoms with Gasteiger partial charge in [0.2, 0.25) is 0 Å². The number of nitrogens with zero attached hydrogens (tertiary/aromatic N) is 1. The first-order valence-corrected chi connectivity index (χ1v) is 6.80. The highest BCUT2D eigenvalue weighted by atomic mass is 16.4. The van der Waals surface area contributed by atoms with Crippen LogP contribution in [0, 0.1) is 10.8 Å². The topological polar surface area (TPSA) is 40.5 Å². The average Bonchev–Trinajstić information content (AvgIpc) is 2.62. The molecule has 1 saturated carbocycles. The van der Waals surface area contributed by atoms with Gasteiger partial charge in [-0.1, -0.05) is 13.8 Å².